The molecule has 21 heavy (non-hydrogen) atoms. The zero-order chi connectivity index (χ0) is 14.5. The largest absolute Gasteiger partial charge is 0.387 e. The van der Waals surface area contributed by atoms with Gasteiger partial charge < -0.3 is 5.11 Å². The van der Waals surface area contributed by atoms with Gasteiger partial charge in [0.05, 0.1) is 17.1 Å². The van der Waals surface area contributed by atoms with Crippen molar-refractivity contribution in [2.45, 2.75) is 50.2 Å². The van der Waals surface area contributed by atoms with E-state index in [9.17, 15) is 10.4 Å². The van der Waals surface area contributed by atoms with E-state index >= 15 is 0 Å². The molecule has 2 atom stereocenters. The van der Waals surface area contributed by atoms with Gasteiger partial charge in [-0.15, -0.1) is 0 Å². The van der Waals surface area contributed by atoms with Gasteiger partial charge in [0.2, 0.25) is 0 Å². The molecule has 0 spiro atoms. The molecule has 1 saturated heterocycles. The molecule has 1 saturated carbocycles. The topological polar surface area (TPSA) is 47.3 Å². The summed E-state index contributed by atoms with van der Waals surface area (Å²) in [4.78, 5) is 2.40. The molecule has 1 aromatic carbocycles. The van der Waals surface area contributed by atoms with Crippen molar-refractivity contribution in [2.24, 2.45) is 5.41 Å². The van der Waals surface area contributed by atoms with E-state index in [4.69, 9.17) is 0 Å². The Morgan fingerprint density at radius 2 is 1.95 bits per heavy atom. The van der Waals surface area contributed by atoms with Gasteiger partial charge in [-0.1, -0.05) is 24.3 Å². The number of likely N-dealkylation sites (tertiary alicyclic amines) is 1. The van der Waals surface area contributed by atoms with Gasteiger partial charge in [-0.2, -0.15) is 5.26 Å². The third kappa shape index (κ3) is 2.01. The maximum atomic E-state index is 11.3. The molecule has 110 valence electrons. The van der Waals surface area contributed by atoms with Gasteiger partial charge in [-0.3, -0.25) is 4.90 Å². The van der Waals surface area contributed by atoms with Gasteiger partial charge in [0, 0.05) is 19.1 Å². The number of nitrogens with zero attached hydrogens (tertiary/aromatic N) is 2. The van der Waals surface area contributed by atoms with Crippen molar-refractivity contribution in [3.8, 4) is 6.07 Å². The summed E-state index contributed by atoms with van der Waals surface area (Å²) in [5.41, 5.74) is 1.16. The molecule has 1 aromatic rings. The highest BCUT2D eigenvalue weighted by atomic mass is 16.3. The predicted octanol–water partition coefficient (Wildman–Crippen LogP) is 2.28. The van der Waals surface area contributed by atoms with E-state index in [1.165, 1.54) is 24.0 Å². The minimum Gasteiger partial charge on any atom is -0.387 e. The highest BCUT2D eigenvalue weighted by Crippen LogP contribution is 2.48. The second-order valence-electron chi connectivity index (χ2n) is 7.12. The Morgan fingerprint density at radius 3 is 2.67 bits per heavy atom. The fourth-order valence-electron chi connectivity index (χ4n) is 4.30. The first-order valence-corrected chi connectivity index (χ1v) is 8.10. The molecule has 2 aliphatic carbocycles. The molecule has 3 aliphatic rings. The number of hydrogen-bond acceptors (Lipinski definition) is 3. The number of rotatable bonds is 2. The number of hydrogen-bond donors (Lipinski definition) is 1. The van der Waals surface area contributed by atoms with E-state index < -0.39 is 11.0 Å². The monoisotopic (exact) mass is 282 g/mol. The van der Waals surface area contributed by atoms with Crippen molar-refractivity contribution < 1.29 is 5.11 Å². The summed E-state index contributed by atoms with van der Waals surface area (Å²) in [6, 6.07) is 11.6. The van der Waals surface area contributed by atoms with Gasteiger partial charge in [0.1, 0.15) is 0 Å². The van der Waals surface area contributed by atoms with Crippen molar-refractivity contribution in [3.63, 3.8) is 0 Å². The third-order valence-corrected chi connectivity index (χ3v) is 5.88. The zero-order valence-electron chi connectivity index (χ0n) is 12.4. The molecule has 1 heterocycles. The van der Waals surface area contributed by atoms with E-state index in [-0.39, 0.29) is 0 Å². The van der Waals surface area contributed by atoms with Gasteiger partial charge >= 0.3 is 0 Å². The lowest BCUT2D eigenvalue weighted by atomic mass is 9.62. The van der Waals surface area contributed by atoms with Gasteiger partial charge in [0.25, 0.3) is 0 Å². The molecule has 4 rings (SSSR count). The van der Waals surface area contributed by atoms with Crippen LogP contribution in [0.25, 0.3) is 0 Å². The number of nitriles is 1. The summed E-state index contributed by atoms with van der Waals surface area (Å²) in [5.74, 6) is 0. The molecule has 2 unspecified atom stereocenters. The SMILES string of the molecule is N#CC1(C2(O)CCN(C3CC3)C2)CCc2ccccc2C1. The molecule has 0 bridgehead atoms. The summed E-state index contributed by atoms with van der Waals surface area (Å²) < 4.78 is 0. The summed E-state index contributed by atoms with van der Waals surface area (Å²) in [6.45, 7) is 1.64. The van der Waals surface area contributed by atoms with Crippen LogP contribution in [0, 0.1) is 16.7 Å². The lowest BCUT2D eigenvalue weighted by Crippen LogP contribution is -2.52. The molecule has 1 aliphatic heterocycles. The van der Waals surface area contributed by atoms with Crippen molar-refractivity contribution in [1.82, 2.24) is 4.90 Å². The molecular weight excluding hydrogens is 260 g/mol. The van der Waals surface area contributed by atoms with Crippen LogP contribution in [0.3, 0.4) is 0 Å². The van der Waals surface area contributed by atoms with Crippen molar-refractivity contribution in [1.29, 1.82) is 5.26 Å². The maximum Gasteiger partial charge on any atom is 0.0974 e. The average molecular weight is 282 g/mol. The number of benzene rings is 1. The maximum absolute atomic E-state index is 11.3. The van der Waals surface area contributed by atoms with E-state index in [0.29, 0.717) is 19.0 Å². The molecule has 3 heteroatoms. The second-order valence-corrected chi connectivity index (χ2v) is 7.12. The Bertz CT molecular complexity index is 603. The van der Waals surface area contributed by atoms with Crippen molar-refractivity contribution in [3.05, 3.63) is 35.4 Å². The first kappa shape index (κ1) is 13.3. The van der Waals surface area contributed by atoms with Crippen LogP contribution in [0.4, 0.5) is 0 Å². The molecule has 3 nitrogen and oxygen atoms in total. The summed E-state index contributed by atoms with van der Waals surface area (Å²) >= 11 is 0. The smallest absolute Gasteiger partial charge is 0.0974 e. The van der Waals surface area contributed by atoms with Crippen LogP contribution in [0.1, 0.15) is 36.8 Å². The number of fused-ring (bicyclic) bond motifs is 1. The molecule has 1 N–H and O–H groups in total. The summed E-state index contributed by atoms with van der Waals surface area (Å²) in [6.07, 6.45) is 5.68. The van der Waals surface area contributed by atoms with Gasteiger partial charge in [0.15, 0.2) is 0 Å². The number of aryl methyl sites for hydroxylation is 1. The highest BCUT2D eigenvalue weighted by Gasteiger charge is 2.56. The van der Waals surface area contributed by atoms with Crippen LogP contribution in [0.5, 0.6) is 0 Å². The Morgan fingerprint density at radius 1 is 1.19 bits per heavy atom. The minimum atomic E-state index is -0.835. The van der Waals surface area contributed by atoms with Crippen LogP contribution < -0.4 is 0 Å². The average Bonchev–Trinajstić information content (AvgIpc) is 3.29. The van der Waals surface area contributed by atoms with Gasteiger partial charge in [-0.05, 0) is 49.7 Å². The van der Waals surface area contributed by atoms with Crippen LogP contribution in [0.2, 0.25) is 0 Å². The van der Waals surface area contributed by atoms with Crippen LogP contribution in [0.15, 0.2) is 24.3 Å². The summed E-state index contributed by atoms with van der Waals surface area (Å²) in [7, 11) is 0. The van der Waals surface area contributed by atoms with E-state index in [1.54, 1.807) is 0 Å². The lowest BCUT2D eigenvalue weighted by Gasteiger charge is -2.43. The summed E-state index contributed by atoms with van der Waals surface area (Å²) in [5, 5.41) is 21.2. The minimum absolute atomic E-state index is 0.606. The third-order valence-electron chi connectivity index (χ3n) is 5.88. The fourth-order valence-corrected chi connectivity index (χ4v) is 4.30. The van der Waals surface area contributed by atoms with E-state index in [2.05, 4.69) is 29.2 Å². The second kappa shape index (κ2) is 4.56. The predicted molar refractivity (Wildman–Crippen MR) is 80.7 cm³/mol. The quantitative estimate of drug-likeness (QED) is 0.905. The molecular formula is C18H22N2O. The first-order valence-electron chi connectivity index (χ1n) is 8.10. The highest BCUT2D eigenvalue weighted by molar-refractivity contribution is 5.35. The van der Waals surface area contributed by atoms with Gasteiger partial charge in [-0.25, -0.2) is 0 Å². The molecule has 2 fully saturated rings. The number of aliphatic hydroxyl groups is 1. The Hall–Kier alpha value is -1.37. The van der Waals surface area contributed by atoms with Crippen LogP contribution in [-0.2, 0) is 12.8 Å². The van der Waals surface area contributed by atoms with Crippen LogP contribution >= 0.6 is 0 Å². The van der Waals surface area contributed by atoms with E-state index in [1.807, 2.05) is 6.07 Å². The van der Waals surface area contributed by atoms with Crippen molar-refractivity contribution >= 4 is 0 Å². The Balaban J connectivity index is 1.64. The Labute approximate surface area is 126 Å². The van der Waals surface area contributed by atoms with Crippen LogP contribution in [-0.4, -0.2) is 34.7 Å². The molecule has 0 radical (unpaired) electrons. The lowest BCUT2D eigenvalue weighted by molar-refractivity contribution is -0.0532. The number of β-amino-alcohol motifs (C(OH)–C–C–N with tert-alkyl or cyclic N) is 1. The molecule has 0 aromatic heterocycles. The fraction of sp³-hybridized carbons (Fsp3) is 0.611. The zero-order valence-corrected chi connectivity index (χ0v) is 12.4. The first-order chi connectivity index (χ1) is 10.2. The molecule has 0 amide bonds. The normalized spacial score (nSPS) is 36.2. The Kier molecular flexibility index (Phi) is 2.89. The van der Waals surface area contributed by atoms with E-state index in [0.717, 1.165) is 25.8 Å². The standard InChI is InChI=1S/C18H22N2O/c19-12-17(8-7-14-3-1-2-4-15(14)11-17)18(21)9-10-20(13-18)16-5-6-16/h1-4,16,21H,5-11,13H2. The van der Waals surface area contributed by atoms with Crippen molar-refractivity contribution in [2.75, 3.05) is 13.1 Å².